The van der Waals surface area contributed by atoms with Crippen LogP contribution in [-0.2, 0) is 43.8 Å². The zero-order valence-corrected chi connectivity index (χ0v) is 53.4. The molecule has 12 aromatic rings. The molecular weight excluding hydrogens is 1230 g/mol. The summed E-state index contributed by atoms with van der Waals surface area (Å²) in [5, 5.41) is 0. The quantitative estimate of drug-likeness (QED) is 0.0712. The van der Waals surface area contributed by atoms with E-state index in [2.05, 4.69) is 282 Å². The Kier molecular flexibility index (Phi) is 20.1. The van der Waals surface area contributed by atoms with Gasteiger partial charge in [-0.2, -0.15) is 0 Å². The third kappa shape index (κ3) is 15.6. The van der Waals surface area contributed by atoms with E-state index in [1.54, 1.807) is 0 Å². The first-order valence-electron chi connectivity index (χ1n) is 30.6. The van der Waals surface area contributed by atoms with Crippen molar-refractivity contribution in [1.29, 1.82) is 0 Å². The second-order valence-corrected chi connectivity index (χ2v) is 24.6. The Balaban J connectivity index is 0.000000227. The summed E-state index contributed by atoms with van der Waals surface area (Å²) in [6, 6.07) is 102. The van der Waals surface area contributed by atoms with Crippen LogP contribution in [-0.4, -0.2) is 9.97 Å². The van der Waals surface area contributed by atoms with E-state index in [1.807, 2.05) is 60.9 Å². The number of rotatable bonds is 16. The van der Waals surface area contributed by atoms with Crippen LogP contribution in [0.2, 0.25) is 0 Å². The van der Waals surface area contributed by atoms with E-state index >= 15 is 0 Å². The van der Waals surface area contributed by atoms with Gasteiger partial charge in [-0.05, 0) is 179 Å². The van der Waals surface area contributed by atoms with Crippen LogP contribution in [0.3, 0.4) is 0 Å². The number of unbranched alkanes of at least 4 members (excludes halogenated alkanes) is 3. The summed E-state index contributed by atoms with van der Waals surface area (Å²) in [5.41, 5.74) is 26.4. The summed E-state index contributed by atoms with van der Waals surface area (Å²) >= 11 is 0. The molecule has 0 unspecified atom stereocenters. The van der Waals surface area contributed by atoms with Crippen molar-refractivity contribution in [3.63, 3.8) is 0 Å². The molecule has 0 aliphatic carbocycles. The van der Waals surface area contributed by atoms with Gasteiger partial charge in [0, 0.05) is 32.5 Å². The molecule has 10 aromatic carbocycles. The first kappa shape index (κ1) is 61.2. The number of benzene rings is 10. The van der Waals surface area contributed by atoms with Crippen LogP contribution in [0.4, 0.5) is 0 Å². The van der Waals surface area contributed by atoms with E-state index in [9.17, 15) is 0 Å². The van der Waals surface area contributed by atoms with Gasteiger partial charge in [-0.3, -0.25) is 0 Å². The van der Waals surface area contributed by atoms with Crippen LogP contribution in [0.25, 0.3) is 100 Å². The first-order chi connectivity index (χ1) is 41.9. The Bertz CT molecular complexity index is 4030. The minimum absolute atomic E-state index is 0. The molecule has 0 bridgehead atoms. The summed E-state index contributed by atoms with van der Waals surface area (Å²) < 4.78 is 0. The Morgan fingerprint density at radius 3 is 1.21 bits per heavy atom. The third-order valence-corrected chi connectivity index (χ3v) is 16.2. The van der Waals surface area contributed by atoms with Gasteiger partial charge < -0.3 is 9.97 Å². The number of pyridine rings is 2. The van der Waals surface area contributed by atoms with Gasteiger partial charge in [-0.1, -0.05) is 242 Å². The molecule has 0 aliphatic rings. The van der Waals surface area contributed by atoms with Crippen molar-refractivity contribution in [3.05, 3.63) is 314 Å². The van der Waals surface area contributed by atoms with Crippen molar-refractivity contribution in [3.8, 4) is 100 Å². The van der Waals surface area contributed by atoms with Gasteiger partial charge in [0.1, 0.15) is 0 Å². The van der Waals surface area contributed by atoms with E-state index in [1.165, 1.54) is 121 Å². The standard InChI is InChI=1S/C55H56N.C29H20N.Ir/c1-54(2,3)50-38-47(43-28-19-25-41(35-43)24-12-8-7-11-21-40-22-13-9-14-23-40)39-51(55(4,5)6)53(50)49-37-44(42-26-15-10-16-27-42)32-33-48(49)45-29-20-30-46(36-45)52-31-17-18-34-56-52;1-2-9-22(10-3-1)23-11-6-12-24(19-23)25-13-7-14-26(20-25)27-15-8-16-28(21-27)29-17-4-5-18-30-29;/h9-10,13-20,22-23,25-29,31-39H,7-8,11-12,21,24H2,1-6H3;1-15,17-21H;/q2*-1;. The molecule has 2 heterocycles. The molecule has 87 heavy (non-hydrogen) atoms. The molecule has 433 valence electrons. The molecule has 0 N–H and O–H groups in total. The zero-order valence-electron chi connectivity index (χ0n) is 51.0. The van der Waals surface area contributed by atoms with Crippen molar-refractivity contribution in [2.45, 2.75) is 90.9 Å². The monoisotopic (exact) mass is 1310 g/mol. The molecule has 2 aromatic heterocycles. The molecule has 3 heteroatoms. The van der Waals surface area contributed by atoms with Gasteiger partial charge >= 0.3 is 0 Å². The van der Waals surface area contributed by atoms with Crippen molar-refractivity contribution >= 4 is 0 Å². The Labute approximate surface area is 531 Å². The second-order valence-electron chi connectivity index (χ2n) is 24.6. The summed E-state index contributed by atoms with van der Waals surface area (Å²) in [6.45, 7) is 14.2. The average molecular weight is 1310 g/mol. The van der Waals surface area contributed by atoms with Crippen LogP contribution < -0.4 is 0 Å². The molecule has 0 saturated heterocycles. The maximum atomic E-state index is 4.66. The Morgan fingerprint density at radius 2 is 0.701 bits per heavy atom. The van der Waals surface area contributed by atoms with E-state index in [0.717, 1.165) is 40.1 Å². The second kappa shape index (κ2) is 28.6. The molecule has 0 aliphatic heterocycles. The fourth-order valence-corrected chi connectivity index (χ4v) is 11.7. The Hall–Kier alpha value is -8.85. The summed E-state index contributed by atoms with van der Waals surface area (Å²) in [5.74, 6) is 0. The van der Waals surface area contributed by atoms with Gasteiger partial charge in [-0.25, -0.2) is 0 Å². The topological polar surface area (TPSA) is 25.8 Å². The molecule has 12 rings (SSSR count). The predicted octanol–water partition coefficient (Wildman–Crippen LogP) is 22.7. The summed E-state index contributed by atoms with van der Waals surface area (Å²) in [4.78, 5) is 9.12. The zero-order chi connectivity index (χ0) is 59.3. The van der Waals surface area contributed by atoms with Gasteiger partial charge in [0.25, 0.3) is 0 Å². The van der Waals surface area contributed by atoms with Crippen LogP contribution in [0.1, 0.15) is 89.5 Å². The number of aryl methyl sites for hydroxylation is 2. The molecule has 0 amide bonds. The van der Waals surface area contributed by atoms with E-state index < -0.39 is 0 Å². The molecule has 0 fully saturated rings. The number of aromatic nitrogens is 2. The first-order valence-corrected chi connectivity index (χ1v) is 30.6. The van der Waals surface area contributed by atoms with Crippen molar-refractivity contribution in [2.75, 3.05) is 0 Å². The van der Waals surface area contributed by atoms with E-state index in [-0.39, 0.29) is 30.9 Å². The molecule has 2 nitrogen and oxygen atoms in total. The predicted molar refractivity (Wildman–Crippen MR) is 365 cm³/mol. The SMILES string of the molecule is CC(C)(C)c1cc(-c2cccc(CCCCCCc3ccccc3)c2)cc(C(C)(C)C)c1-c1cc(-c2ccccc2)ccc1-c1cc[c-]c(-c2ccccn2)c1.[Ir].[c-]1ccc(-c2cccc(-c3cccc(-c4ccccc4)c3)c2)cc1-c1ccccn1. The van der Waals surface area contributed by atoms with Crippen LogP contribution in [0.15, 0.2) is 279 Å². The molecule has 0 saturated carbocycles. The van der Waals surface area contributed by atoms with E-state index in [4.69, 9.17) is 0 Å². The van der Waals surface area contributed by atoms with Gasteiger partial charge in [-0.15, -0.1) is 70.8 Å². The van der Waals surface area contributed by atoms with Crippen LogP contribution in [0, 0.1) is 12.1 Å². The minimum atomic E-state index is -0.119. The Morgan fingerprint density at radius 1 is 0.299 bits per heavy atom. The number of hydrogen-bond donors (Lipinski definition) is 0. The maximum Gasteiger partial charge on any atom is 0.0160 e. The fraction of sp³-hybridized carbons (Fsp3) is 0.167. The molecule has 0 atom stereocenters. The van der Waals surface area contributed by atoms with Gasteiger partial charge in [0.05, 0.1) is 0 Å². The largest absolute Gasteiger partial charge is 0.305 e. The van der Waals surface area contributed by atoms with Crippen LogP contribution in [0.5, 0.6) is 0 Å². The normalized spacial score (nSPS) is 11.3. The van der Waals surface area contributed by atoms with Crippen molar-refractivity contribution in [2.24, 2.45) is 0 Å². The van der Waals surface area contributed by atoms with Crippen LogP contribution >= 0.6 is 0 Å². The third-order valence-electron chi connectivity index (χ3n) is 16.2. The van der Waals surface area contributed by atoms with Gasteiger partial charge in [0.15, 0.2) is 0 Å². The van der Waals surface area contributed by atoms with Crippen molar-refractivity contribution in [1.82, 2.24) is 9.97 Å². The minimum Gasteiger partial charge on any atom is -0.305 e. The van der Waals surface area contributed by atoms with E-state index in [0.29, 0.717) is 0 Å². The molecule has 0 spiro atoms. The average Bonchev–Trinajstić information content (AvgIpc) is 1.67. The summed E-state index contributed by atoms with van der Waals surface area (Å²) in [6.07, 6.45) is 11.0. The molecular formula is C84H76IrN2-2. The maximum absolute atomic E-state index is 4.66. The van der Waals surface area contributed by atoms with Gasteiger partial charge in [0.2, 0.25) is 0 Å². The number of nitrogens with zero attached hydrogens (tertiary/aromatic N) is 2. The summed E-state index contributed by atoms with van der Waals surface area (Å²) in [7, 11) is 0. The molecule has 1 radical (unpaired) electrons. The van der Waals surface area contributed by atoms with Crippen molar-refractivity contribution < 1.29 is 20.1 Å². The fourth-order valence-electron chi connectivity index (χ4n) is 11.7. The number of hydrogen-bond acceptors (Lipinski definition) is 2. The smallest absolute Gasteiger partial charge is 0.0160 e.